The Bertz CT molecular complexity index is 1170. The minimum Gasteiger partial charge on any atom is -0.457 e. The number of ether oxygens (including phenoxy) is 1. The van der Waals surface area contributed by atoms with E-state index in [0.29, 0.717) is 47.2 Å². The van der Waals surface area contributed by atoms with Crippen LogP contribution in [0.3, 0.4) is 0 Å². The first-order valence-electron chi connectivity index (χ1n) is 9.53. The number of carbonyl (C=O) groups is 2. The number of primary amides is 1. The van der Waals surface area contributed by atoms with Gasteiger partial charge in [0.15, 0.2) is 5.82 Å². The Morgan fingerprint density at radius 3 is 2.39 bits per heavy atom. The molecule has 2 aromatic carbocycles. The molecule has 31 heavy (non-hydrogen) atoms. The maximum absolute atomic E-state index is 11.8. The number of nitrogens with one attached hydrogen (secondary N) is 2. The van der Waals surface area contributed by atoms with Crippen molar-refractivity contribution in [2.45, 2.75) is 12.5 Å². The van der Waals surface area contributed by atoms with Crippen LogP contribution < -0.4 is 21.1 Å². The van der Waals surface area contributed by atoms with E-state index in [2.05, 4.69) is 26.7 Å². The molecule has 1 unspecified atom stereocenters. The Balaban J connectivity index is 1.56. The molecule has 4 rings (SSSR count). The molecule has 0 bridgehead atoms. The Hall–Kier alpha value is -4.45. The summed E-state index contributed by atoms with van der Waals surface area (Å²) in [6.07, 6.45) is 0.617. The number of hydrogen-bond donors (Lipinski definition) is 3. The number of rotatable bonds is 6. The number of amides is 2. The monoisotopic (exact) mass is 414 g/mol. The first kappa shape index (κ1) is 19.8. The second-order valence-corrected chi connectivity index (χ2v) is 6.87. The minimum absolute atomic E-state index is 0.0452. The molecule has 9 nitrogen and oxygen atoms in total. The zero-order valence-electron chi connectivity index (χ0n) is 16.3. The van der Waals surface area contributed by atoms with Gasteiger partial charge in [-0.1, -0.05) is 0 Å². The summed E-state index contributed by atoms with van der Waals surface area (Å²) in [5.41, 5.74) is 6.66. The first-order valence-corrected chi connectivity index (χ1v) is 9.53. The van der Waals surface area contributed by atoms with Gasteiger partial charge in [0.1, 0.15) is 29.1 Å². The fourth-order valence-corrected chi connectivity index (χ4v) is 3.09. The average molecular weight is 414 g/mol. The maximum Gasteiger partial charge on any atom is 0.267 e. The highest BCUT2D eigenvalue weighted by atomic mass is 16.5. The van der Waals surface area contributed by atoms with E-state index in [1.54, 1.807) is 48.5 Å². The van der Waals surface area contributed by atoms with Crippen molar-refractivity contribution in [2.75, 3.05) is 11.9 Å². The third-order valence-corrected chi connectivity index (χ3v) is 4.68. The van der Waals surface area contributed by atoms with Gasteiger partial charge in [-0.05, 0) is 55.0 Å². The summed E-state index contributed by atoms with van der Waals surface area (Å²) in [4.78, 5) is 32.2. The lowest BCUT2D eigenvalue weighted by molar-refractivity contribution is -0.119. The smallest absolute Gasteiger partial charge is 0.267 e. The van der Waals surface area contributed by atoms with E-state index in [0.717, 1.165) is 0 Å². The van der Waals surface area contributed by atoms with Gasteiger partial charge in [-0.3, -0.25) is 9.59 Å². The van der Waals surface area contributed by atoms with E-state index in [4.69, 9.17) is 15.7 Å². The minimum atomic E-state index is -0.691. The quantitative estimate of drug-likeness (QED) is 0.561. The topological polar surface area (TPSA) is 143 Å². The number of nitrogens with two attached hydrogens (primary N) is 1. The van der Waals surface area contributed by atoms with Crippen LogP contribution in [0.25, 0.3) is 11.4 Å². The van der Waals surface area contributed by atoms with Crippen LogP contribution in [0.1, 0.15) is 22.5 Å². The maximum atomic E-state index is 11.8. The molecule has 1 aliphatic rings. The Labute approximate surface area is 177 Å². The summed E-state index contributed by atoms with van der Waals surface area (Å²) in [6.45, 7) is 0.581. The van der Waals surface area contributed by atoms with Crippen LogP contribution in [0.4, 0.5) is 5.82 Å². The molecule has 1 saturated heterocycles. The van der Waals surface area contributed by atoms with E-state index in [1.807, 2.05) is 0 Å². The second kappa shape index (κ2) is 8.51. The second-order valence-electron chi connectivity index (χ2n) is 6.87. The lowest BCUT2D eigenvalue weighted by Crippen LogP contribution is -2.30. The van der Waals surface area contributed by atoms with Crippen molar-refractivity contribution in [3.05, 3.63) is 65.9 Å². The van der Waals surface area contributed by atoms with Crippen molar-refractivity contribution in [1.29, 1.82) is 5.26 Å². The molecule has 2 heterocycles. The van der Waals surface area contributed by atoms with Gasteiger partial charge in [0.05, 0.1) is 11.6 Å². The van der Waals surface area contributed by atoms with Crippen LogP contribution in [-0.4, -0.2) is 34.4 Å². The van der Waals surface area contributed by atoms with Gasteiger partial charge < -0.3 is 21.1 Å². The number of nitrogens with zero attached hydrogens (tertiary/aromatic N) is 3. The molecular formula is C22H18N6O3. The molecule has 0 spiro atoms. The molecule has 1 atom stereocenters. The molecule has 154 valence electrons. The van der Waals surface area contributed by atoms with Gasteiger partial charge in [-0.25, -0.2) is 9.97 Å². The van der Waals surface area contributed by atoms with E-state index in [-0.39, 0.29) is 11.6 Å². The standard InChI is InChI=1S/C22H18N6O3/c23-12-13-1-5-15(6-2-13)31-16-7-3-14(4-8-16)21-27-18(20(24)29)11-19(28-21)26-17-9-10-25-22(17)30/h1-8,11,17H,9-10H2,(H2,24,29)(H,25,30)(H,26,27,28). The number of carbonyl (C=O) groups excluding carboxylic acids is 2. The molecule has 2 amide bonds. The molecule has 0 saturated carbocycles. The van der Waals surface area contributed by atoms with Crippen LogP contribution in [0.15, 0.2) is 54.6 Å². The number of nitriles is 1. The van der Waals surface area contributed by atoms with Crippen molar-refractivity contribution in [3.63, 3.8) is 0 Å². The van der Waals surface area contributed by atoms with Crippen molar-refractivity contribution >= 4 is 17.6 Å². The zero-order valence-corrected chi connectivity index (χ0v) is 16.3. The van der Waals surface area contributed by atoms with Crippen LogP contribution in [-0.2, 0) is 4.79 Å². The fourth-order valence-electron chi connectivity index (χ4n) is 3.09. The molecule has 9 heteroatoms. The zero-order chi connectivity index (χ0) is 21.8. The van der Waals surface area contributed by atoms with Crippen molar-refractivity contribution in [2.24, 2.45) is 5.73 Å². The summed E-state index contributed by atoms with van der Waals surface area (Å²) in [5.74, 6) is 1.01. The van der Waals surface area contributed by atoms with Gasteiger partial charge in [-0.2, -0.15) is 5.26 Å². The number of aromatic nitrogens is 2. The third-order valence-electron chi connectivity index (χ3n) is 4.68. The van der Waals surface area contributed by atoms with Gasteiger partial charge >= 0.3 is 0 Å². The Kier molecular flexibility index (Phi) is 5.45. The fraction of sp³-hybridized carbons (Fsp3) is 0.136. The summed E-state index contributed by atoms with van der Waals surface area (Å²) in [5, 5.41) is 14.6. The van der Waals surface area contributed by atoms with Gasteiger partial charge in [0.2, 0.25) is 5.91 Å². The molecule has 1 aromatic heterocycles. The molecule has 0 radical (unpaired) electrons. The normalized spacial score (nSPS) is 15.1. The largest absolute Gasteiger partial charge is 0.457 e. The number of anilines is 1. The number of benzene rings is 2. The van der Waals surface area contributed by atoms with E-state index >= 15 is 0 Å². The summed E-state index contributed by atoms with van der Waals surface area (Å²) >= 11 is 0. The SMILES string of the molecule is N#Cc1ccc(Oc2ccc(-c3nc(NC4CCNC4=O)cc(C(N)=O)n3)cc2)cc1. The molecule has 4 N–H and O–H groups in total. The Morgan fingerprint density at radius 2 is 1.81 bits per heavy atom. The molecule has 0 aliphatic carbocycles. The van der Waals surface area contributed by atoms with Crippen molar-refractivity contribution in [1.82, 2.24) is 15.3 Å². The summed E-state index contributed by atoms with van der Waals surface area (Å²) in [7, 11) is 0. The van der Waals surface area contributed by atoms with E-state index < -0.39 is 11.9 Å². The van der Waals surface area contributed by atoms with E-state index in [9.17, 15) is 9.59 Å². The Morgan fingerprint density at radius 1 is 1.13 bits per heavy atom. The first-order chi connectivity index (χ1) is 15.0. The highest BCUT2D eigenvalue weighted by molar-refractivity contribution is 5.92. The summed E-state index contributed by atoms with van der Waals surface area (Å²) in [6, 6.07) is 16.8. The summed E-state index contributed by atoms with van der Waals surface area (Å²) < 4.78 is 5.77. The van der Waals surface area contributed by atoms with Crippen LogP contribution in [0, 0.1) is 11.3 Å². The van der Waals surface area contributed by atoms with Crippen molar-refractivity contribution < 1.29 is 14.3 Å². The molecule has 1 fully saturated rings. The van der Waals surface area contributed by atoms with Gasteiger partial charge in [0.25, 0.3) is 5.91 Å². The van der Waals surface area contributed by atoms with Crippen LogP contribution >= 0.6 is 0 Å². The third kappa shape index (κ3) is 4.59. The molecular weight excluding hydrogens is 396 g/mol. The molecule has 3 aromatic rings. The van der Waals surface area contributed by atoms with Gasteiger partial charge in [-0.15, -0.1) is 0 Å². The van der Waals surface area contributed by atoms with Crippen molar-refractivity contribution in [3.8, 4) is 29.0 Å². The predicted molar refractivity (Wildman–Crippen MR) is 112 cm³/mol. The predicted octanol–water partition coefficient (Wildman–Crippen LogP) is 2.21. The van der Waals surface area contributed by atoms with Gasteiger partial charge in [0, 0.05) is 18.2 Å². The highest BCUT2D eigenvalue weighted by Gasteiger charge is 2.24. The lowest BCUT2D eigenvalue weighted by atomic mass is 10.2. The highest BCUT2D eigenvalue weighted by Crippen LogP contribution is 2.25. The molecule has 1 aliphatic heterocycles. The van der Waals surface area contributed by atoms with Crippen LogP contribution in [0.2, 0.25) is 0 Å². The van der Waals surface area contributed by atoms with Crippen LogP contribution in [0.5, 0.6) is 11.5 Å². The average Bonchev–Trinajstić information content (AvgIpc) is 3.19. The lowest BCUT2D eigenvalue weighted by Gasteiger charge is -2.13. The number of hydrogen-bond acceptors (Lipinski definition) is 7. The van der Waals surface area contributed by atoms with E-state index in [1.165, 1.54) is 6.07 Å².